The van der Waals surface area contributed by atoms with Crippen LogP contribution in [0.1, 0.15) is 18.4 Å². The van der Waals surface area contributed by atoms with Crippen LogP contribution in [0.3, 0.4) is 0 Å². The first-order valence-corrected chi connectivity index (χ1v) is 9.64. The minimum Gasteiger partial charge on any atom is -0.454 e. The average Bonchev–Trinajstić information content (AvgIpc) is 3.19. The third kappa shape index (κ3) is 4.51. The Hall–Kier alpha value is -2.00. The number of fused-ring (bicyclic) bond motifs is 1. The van der Waals surface area contributed by atoms with Crippen molar-refractivity contribution >= 4 is 16.1 Å². The molecule has 0 bridgehead atoms. The fraction of sp³-hybridized carbons (Fsp3) is 0.533. The number of nitrogens with zero attached hydrogens (tertiary/aromatic N) is 1. The number of rotatable bonds is 7. The summed E-state index contributed by atoms with van der Waals surface area (Å²) in [5.41, 5.74) is 0.798. The Labute approximate surface area is 141 Å². The number of hydrogen-bond acceptors (Lipinski definition) is 5. The average molecular weight is 355 g/mol. The molecule has 24 heavy (non-hydrogen) atoms. The number of nitrogens with one attached hydrogen (secondary N) is 2. The van der Waals surface area contributed by atoms with Crippen molar-refractivity contribution in [3.8, 4) is 11.5 Å². The van der Waals surface area contributed by atoms with E-state index in [1.807, 2.05) is 0 Å². The van der Waals surface area contributed by atoms with Crippen molar-refractivity contribution in [2.24, 2.45) is 0 Å². The second kappa shape index (κ2) is 6.86. The second-order valence-corrected chi connectivity index (χ2v) is 7.94. The second-order valence-electron chi connectivity index (χ2n) is 5.96. The standard InChI is InChI=1S/C15H21N3O5S/c1-24(20,21)18(7-6-16-15(19)17-12-3-4-12)9-11-2-5-13-14(8-11)23-10-22-13/h2,5,8,12H,3-4,6-7,9-10H2,1H3,(H2,16,17,19). The van der Waals surface area contributed by atoms with Crippen molar-refractivity contribution in [1.29, 1.82) is 0 Å². The van der Waals surface area contributed by atoms with Crippen LogP contribution in [0.25, 0.3) is 0 Å². The maximum atomic E-state index is 12.0. The van der Waals surface area contributed by atoms with Crippen molar-refractivity contribution in [2.75, 3.05) is 26.1 Å². The zero-order chi connectivity index (χ0) is 17.2. The normalized spacial score (nSPS) is 16.2. The van der Waals surface area contributed by atoms with Gasteiger partial charge in [-0.2, -0.15) is 4.31 Å². The number of carbonyl (C=O) groups excluding carboxylic acids is 1. The minimum atomic E-state index is -3.40. The van der Waals surface area contributed by atoms with Gasteiger partial charge in [0.05, 0.1) is 6.26 Å². The van der Waals surface area contributed by atoms with E-state index in [1.165, 1.54) is 4.31 Å². The van der Waals surface area contributed by atoms with Gasteiger partial charge in [-0.15, -0.1) is 0 Å². The molecule has 132 valence electrons. The molecule has 9 heteroatoms. The van der Waals surface area contributed by atoms with Gasteiger partial charge in [0.25, 0.3) is 0 Å². The fourth-order valence-corrected chi connectivity index (χ4v) is 3.17. The maximum absolute atomic E-state index is 12.0. The SMILES string of the molecule is CS(=O)(=O)N(CCNC(=O)NC1CC1)Cc1ccc2c(c1)OCO2. The molecular weight excluding hydrogens is 334 g/mol. The molecule has 0 unspecified atom stereocenters. The van der Waals surface area contributed by atoms with Gasteiger partial charge in [-0.3, -0.25) is 0 Å². The first kappa shape index (κ1) is 16.8. The molecule has 2 amide bonds. The highest BCUT2D eigenvalue weighted by Gasteiger charge is 2.23. The Morgan fingerprint density at radius 1 is 1.29 bits per heavy atom. The van der Waals surface area contributed by atoms with E-state index >= 15 is 0 Å². The Bertz CT molecular complexity index is 718. The lowest BCUT2D eigenvalue weighted by Crippen LogP contribution is -2.42. The number of hydrogen-bond donors (Lipinski definition) is 2. The summed E-state index contributed by atoms with van der Waals surface area (Å²) in [5.74, 6) is 1.27. The molecule has 1 fully saturated rings. The Kier molecular flexibility index (Phi) is 4.81. The lowest BCUT2D eigenvalue weighted by atomic mass is 10.2. The predicted molar refractivity (Wildman–Crippen MR) is 87.4 cm³/mol. The van der Waals surface area contributed by atoms with Crippen molar-refractivity contribution in [3.63, 3.8) is 0 Å². The van der Waals surface area contributed by atoms with Crippen LogP contribution in [-0.2, 0) is 16.6 Å². The monoisotopic (exact) mass is 355 g/mol. The molecule has 0 aromatic heterocycles. The lowest BCUT2D eigenvalue weighted by molar-refractivity contribution is 0.174. The summed E-state index contributed by atoms with van der Waals surface area (Å²) in [6.07, 6.45) is 3.17. The molecule has 1 heterocycles. The van der Waals surface area contributed by atoms with Crippen LogP contribution in [0.2, 0.25) is 0 Å². The Balaban J connectivity index is 1.56. The minimum absolute atomic E-state index is 0.175. The summed E-state index contributed by atoms with van der Waals surface area (Å²) in [6.45, 7) is 0.831. The summed E-state index contributed by atoms with van der Waals surface area (Å²) < 4.78 is 35.8. The summed E-state index contributed by atoms with van der Waals surface area (Å²) in [5, 5.41) is 5.48. The zero-order valence-electron chi connectivity index (χ0n) is 13.4. The molecule has 0 spiro atoms. The molecule has 3 rings (SSSR count). The van der Waals surface area contributed by atoms with Crippen LogP contribution in [0.5, 0.6) is 11.5 Å². The van der Waals surface area contributed by atoms with Gasteiger partial charge in [-0.25, -0.2) is 13.2 Å². The van der Waals surface area contributed by atoms with Gasteiger partial charge in [0, 0.05) is 25.7 Å². The Morgan fingerprint density at radius 2 is 2.04 bits per heavy atom. The number of sulfonamides is 1. The summed E-state index contributed by atoms with van der Waals surface area (Å²) >= 11 is 0. The third-order valence-electron chi connectivity index (χ3n) is 3.82. The van der Waals surface area contributed by atoms with Gasteiger partial charge in [-0.1, -0.05) is 6.07 Å². The van der Waals surface area contributed by atoms with Crippen LogP contribution < -0.4 is 20.1 Å². The van der Waals surface area contributed by atoms with E-state index in [1.54, 1.807) is 18.2 Å². The predicted octanol–water partition coefficient (Wildman–Crippen LogP) is 0.639. The summed E-state index contributed by atoms with van der Waals surface area (Å²) in [4.78, 5) is 11.6. The van der Waals surface area contributed by atoms with Crippen LogP contribution in [0.15, 0.2) is 18.2 Å². The maximum Gasteiger partial charge on any atom is 0.315 e. The van der Waals surface area contributed by atoms with E-state index in [0.29, 0.717) is 11.5 Å². The quantitative estimate of drug-likeness (QED) is 0.748. The van der Waals surface area contributed by atoms with Gasteiger partial charge in [0.15, 0.2) is 11.5 Å². The van der Waals surface area contributed by atoms with E-state index in [9.17, 15) is 13.2 Å². The number of ether oxygens (including phenoxy) is 2. The molecule has 1 saturated carbocycles. The molecule has 1 aliphatic carbocycles. The molecular formula is C15H21N3O5S. The van der Waals surface area contributed by atoms with Gasteiger partial charge in [0.2, 0.25) is 16.8 Å². The van der Waals surface area contributed by atoms with Gasteiger partial charge < -0.3 is 20.1 Å². The number of benzene rings is 1. The highest BCUT2D eigenvalue weighted by Crippen LogP contribution is 2.32. The number of carbonyl (C=O) groups is 1. The van der Waals surface area contributed by atoms with Gasteiger partial charge in [0.1, 0.15) is 0 Å². The smallest absolute Gasteiger partial charge is 0.315 e. The van der Waals surface area contributed by atoms with Crippen LogP contribution in [-0.4, -0.2) is 50.9 Å². The summed E-state index contributed by atoms with van der Waals surface area (Å²) in [7, 11) is -3.40. The molecule has 0 saturated heterocycles. The van der Waals surface area contributed by atoms with E-state index in [-0.39, 0.29) is 38.5 Å². The molecule has 1 aliphatic heterocycles. The van der Waals surface area contributed by atoms with E-state index in [0.717, 1.165) is 24.7 Å². The molecule has 2 aliphatic rings. The highest BCUT2D eigenvalue weighted by atomic mass is 32.2. The Morgan fingerprint density at radius 3 is 2.75 bits per heavy atom. The number of urea groups is 1. The van der Waals surface area contributed by atoms with Crippen molar-refractivity contribution in [1.82, 2.24) is 14.9 Å². The van der Waals surface area contributed by atoms with E-state index < -0.39 is 10.0 Å². The molecule has 8 nitrogen and oxygen atoms in total. The molecule has 0 radical (unpaired) electrons. The summed E-state index contributed by atoms with van der Waals surface area (Å²) in [6, 6.07) is 5.35. The molecule has 2 N–H and O–H groups in total. The van der Waals surface area contributed by atoms with Gasteiger partial charge >= 0.3 is 6.03 Å². The van der Waals surface area contributed by atoms with E-state index in [2.05, 4.69) is 10.6 Å². The van der Waals surface area contributed by atoms with Gasteiger partial charge in [-0.05, 0) is 30.5 Å². The van der Waals surface area contributed by atoms with Crippen LogP contribution in [0, 0.1) is 0 Å². The lowest BCUT2D eigenvalue weighted by Gasteiger charge is -2.20. The first-order valence-electron chi connectivity index (χ1n) is 7.80. The van der Waals surface area contributed by atoms with Crippen molar-refractivity contribution in [2.45, 2.75) is 25.4 Å². The zero-order valence-corrected chi connectivity index (χ0v) is 14.3. The number of amides is 2. The third-order valence-corrected chi connectivity index (χ3v) is 5.07. The largest absolute Gasteiger partial charge is 0.454 e. The molecule has 1 aromatic carbocycles. The first-order chi connectivity index (χ1) is 11.4. The molecule has 0 atom stereocenters. The molecule has 1 aromatic rings. The van der Waals surface area contributed by atoms with Crippen LogP contribution >= 0.6 is 0 Å². The van der Waals surface area contributed by atoms with E-state index in [4.69, 9.17) is 9.47 Å². The van der Waals surface area contributed by atoms with Crippen molar-refractivity contribution in [3.05, 3.63) is 23.8 Å². The topological polar surface area (TPSA) is 97.0 Å². The highest BCUT2D eigenvalue weighted by molar-refractivity contribution is 7.88. The fourth-order valence-electron chi connectivity index (χ4n) is 2.36. The van der Waals surface area contributed by atoms with Crippen molar-refractivity contribution < 1.29 is 22.7 Å². The van der Waals surface area contributed by atoms with Crippen LogP contribution in [0.4, 0.5) is 4.79 Å².